The van der Waals surface area contributed by atoms with Crippen LogP contribution in [0.4, 0.5) is 0 Å². The van der Waals surface area contributed by atoms with E-state index in [1.165, 1.54) is 0 Å². The highest BCUT2D eigenvalue weighted by Gasteiger charge is 2.10. The Kier molecular flexibility index (Phi) is 2.17. The minimum absolute atomic E-state index is 0.0219. The molecular formula is C10H6N2OS. The van der Waals surface area contributed by atoms with E-state index in [4.69, 9.17) is 5.26 Å². The second-order valence-electron chi connectivity index (χ2n) is 2.65. The predicted octanol–water partition coefficient (Wildman–Crippen LogP) is 2.39. The molecule has 0 atom stereocenters. The molecule has 0 bridgehead atoms. The summed E-state index contributed by atoms with van der Waals surface area (Å²) in [5, 5.41) is 18.6. The summed E-state index contributed by atoms with van der Waals surface area (Å²) in [5.74, 6) is 0. The normalized spacial score (nSPS) is 9.64. The van der Waals surface area contributed by atoms with Crippen molar-refractivity contribution >= 4 is 11.3 Å². The molecule has 1 aromatic heterocycles. The highest BCUT2D eigenvalue weighted by atomic mass is 32.1. The van der Waals surface area contributed by atoms with Crippen LogP contribution in [0.1, 0.15) is 5.69 Å². The van der Waals surface area contributed by atoms with Crippen LogP contribution in [-0.4, -0.2) is 10.1 Å². The van der Waals surface area contributed by atoms with Crippen LogP contribution < -0.4 is 0 Å². The number of rotatable bonds is 1. The minimum atomic E-state index is -0.0219. The fourth-order valence-electron chi connectivity index (χ4n) is 1.09. The molecular weight excluding hydrogens is 196 g/mol. The molecule has 0 aliphatic rings. The first-order chi connectivity index (χ1) is 6.81. The van der Waals surface area contributed by atoms with Crippen molar-refractivity contribution in [3.05, 3.63) is 36.0 Å². The Bertz CT molecular complexity index is 485. The first-order valence-corrected chi connectivity index (χ1v) is 4.78. The summed E-state index contributed by atoms with van der Waals surface area (Å²) in [5.41, 5.74) is 1.00. The Morgan fingerprint density at radius 3 is 2.57 bits per heavy atom. The van der Waals surface area contributed by atoms with Crippen LogP contribution in [0.2, 0.25) is 0 Å². The van der Waals surface area contributed by atoms with Crippen LogP contribution in [0.5, 0.6) is 5.06 Å². The van der Waals surface area contributed by atoms with Crippen molar-refractivity contribution in [3.63, 3.8) is 0 Å². The molecule has 4 heteroatoms. The van der Waals surface area contributed by atoms with Crippen molar-refractivity contribution in [1.82, 2.24) is 4.98 Å². The molecule has 0 spiro atoms. The van der Waals surface area contributed by atoms with Gasteiger partial charge < -0.3 is 5.11 Å². The zero-order chi connectivity index (χ0) is 9.97. The van der Waals surface area contributed by atoms with Crippen molar-refractivity contribution in [2.75, 3.05) is 0 Å². The molecule has 1 aromatic carbocycles. The zero-order valence-corrected chi connectivity index (χ0v) is 7.95. The zero-order valence-electron chi connectivity index (χ0n) is 7.14. The van der Waals surface area contributed by atoms with E-state index in [1.807, 2.05) is 36.4 Å². The van der Waals surface area contributed by atoms with Gasteiger partial charge in [0.2, 0.25) is 5.06 Å². The highest BCUT2D eigenvalue weighted by molar-refractivity contribution is 7.16. The van der Waals surface area contributed by atoms with Crippen molar-refractivity contribution in [2.45, 2.75) is 0 Å². The maximum Gasteiger partial charge on any atom is 0.210 e. The summed E-state index contributed by atoms with van der Waals surface area (Å²) < 4.78 is 0. The van der Waals surface area contributed by atoms with Crippen LogP contribution in [0.25, 0.3) is 10.6 Å². The Labute approximate surface area is 84.9 Å². The SMILES string of the molecule is N#Cc1nc(-c2ccccc2)sc1O. The molecule has 2 rings (SSSR count). The number of hydrogen-bond donors (Lipinski definition) is 1. The van der Waals surface area contributed by atoms with E-state index in [1.54, 1.807) is 0 Å². The molecule has 2 aromatic rings. The summed E-state index contributed by atoms with van der Waals surface area (Å²) in [6.07, 6.45) is 0. The lowest BCUT2D eigenvalue weighted by Gasteiger charge is -1.91. The second-order valence-corrected chi connectivity index (χ2v) is 3.63. The third-order valence-electron chi connectivity index (χ3n) is 1.74. The molecule has 68 valence electrons. The largest absolute Gasteiger partial charge is 0.497 e. The third-order valence-corrected chi connectivity index (χ3v) is 2.64. The van der Waals surface area contributed by atoms with Crippen molar-refractivity contribution in [3.8, 4) is 21.7 Å². The molecule has 0 saturated heterocycles. The minimum Gasteiger partial charge on any atom is -0.497 e. The fraction of sp³-hybridized carbons (Fsp3) is 0. The average molecular weight is 202 g/mol. The van der Waals surface area contributed by atoms with E-state index in [-0.39, 0.29) is 10.8 Å². The number of hydrogen-bond acceptors (Lipinski definition) is 4. The van der Waals surface area contributed by atoms with Gasteiger partial charge in [-0.15, -0.1) is 0 Å². The van der Waals surface area contributed by atoms with E-state index in [9.17, 15) is 5.11 Å². The van der Waals surface area contributed by atoms with Crippen LogP contribution in [0, 0.1) is 11.3 Å². The maximum atomic E-state index is 9.33. The standard InChI is InChI=1S/C10H6N2OS/c11-6-8-10(13)14-9(12-8)7-4-2-1-3-5-7/h1-5,13H. The predicted molar refractivity (Wildman–Crippen MR) is 53.9 cm³/mol. The molecule has 0 unspecified atom stereocenters. The van der Waals surface area contributed by atoms with Gasteiger partial charge in [0.1, 0.15) is 11.1 Å². The lowest BCUT2D eigenvalue weighted by atomic mass is 10.2. The van der Waals surface area contributed by atoms with E-state index in [2.05, 4.69) is 4.98 Å². The molecule has 0 amide bonds. The van der Waals surface area contributed by atoms with E-state index in [0.717, 1.165) is 16.9 Å². The summed E-state index contributed by atoms with van der Waals surface area (Å²) in [6, 6.07) is 11.3. The first-order valence-electron chi connectivity index (χ1n) is 3.96. The number of nitrogens with zero attached hydrogens (tertiary/aromatic N) is 2. The molecule has 0 saturated carbocycles. The monoisotopic (exact) mass is 202 g/mol. The Morgan fingerprint density at radius 1 is 1.29 bits per heavy atom. The van der Waals surface area contributed by atoms with Gasteiger partial charge in [-0.1, -0.05) is 41.7 Å². The van der Waals surface area contributed by atoms with E-state index < -0.39 is 0 Å². The molecule has 0 fully saturated rings. The smallest absolute Gasteiger partial charge is 0.210 e. The second kappa shape index (κ2) is 3.48. The molecule has 0 aliphatic carbocycles. The average Bonchev–Trinajstić information content (AvgIpc) is 2.61. The maximum absolute atomic E-state index is 9.33. The van der Waals surface area contributed by atoms with E-state index >= 15 is 0 Å². The first kappa shape index (κ1) is 8.73. The molecule has 3 nitrogen and oxygen atoms in total. The van der Waals surface area contributed by atoms with Gasteiger partial charge in [-0.05, 0) is 0 Å². The van der Waals surface area contributed by atoms with Gasteiger partial charge in [0.05, 0.1) is 0 Å². The molecule has 1 heterocycles. The topological polar surface area (TPSA) is 56.9 Å². The highest BCUT2D eigenvalue weighted by Crippen LogP contribution is 2.32. The van der Waals surface area contributed by atoms with Crippen LogP contribution >= 0.6 is 11.3 Å². The summed E-state index contributed by atoms with van der Waals surface area (Å²) in [4.78, 5) is 4.01. The van der Waals surface area contributed by atoms with Gasteiger partial charge in [-0.3, -0.25) is 0 Å². The Hall–Kier alpha value is -1.86. The van der Waals surface area contributed by atoms with Crippen molar-refractivity contribution < 1.29 is 5.11 Å². The van der Waals surface area contributed by atoms with Crippen LogP contribution in [0.15, 0.2) is 30.3 Å². The third kappa shape index (κ3) is 1.45. The van der Waals surface area contributed by atoms with E-state index in [0.29, 0.717) is 5.01 Å². The van der Waals surface area contributed by atoms with Gasteiger partial charge in [0, 0.05) is 5.56 Å². The molecule has 1 N–H and O–H groups in total. The van der Waals surface area contributed by atoms with Gasteiger partial charge in [0.25, 0.3) is 0 Å². The van der Waals surface area contributed by atoms with Gasteiger partial charge in [0.15, 0.2) is 5.69 Å². The summed E-state index contributed by atoms with van der Waals surface area (Å²) in [7, 11) is 0. The number of thiazole rings is 1. The molecule has 0 aliphatic heterocycles. The quantitative estimate of drug-likeness (QED) is 0.772. The lowest BCUT2D eigenvalue weighted by molar-refractivity contribution is 0.487. The van der Waals surface area contributed by atoms with Gasteiger partial charge in [-0.2, -0.15) is 5.26 Å². The Balaban J connectivity index is 2.50. The number of aromatic nitrogens is 1. The summed E-state index contributed by atoms with van der Waals surface area (Å²) in [6.45, 7) is 0. The number of aromatic hydroxyl groups is 1. The lowest BCUT2D eigenvalue weighted by Crippen LogP contribution is -1.76. The van der Waals surface area contributed by atoms with Crippen LogP contribution in [0.3, 0.4) is 0 Å². The van der Waals surface area contributed by atoms with Crippen LogP contribution in [-0.2, 0) is 0 Å². The fourth-order valence-corrected chi connectivity index (χ4v) is 1.85. The number of nitriles is 1. The van der Waals surface area contributed by atoms with Gasteiger partial charge >= 0.3 is 0 Å². The Morgan fingerprint density at radius 2 is 2.00 bits per heavy atom. The molecule has 0 radical (unpaired) electrons. The van der Waals surface area contributed by atoms with Crippen molar-refractivity contribution in [2.24, 2.45) is 0 Å². The van der Waals surface area contributed by atoms with Crippen molar-refractivity contribution in [1.29, 1.82) is 5.26 Å². The van der Waals surface area contributed by atoms with Gasteiger partial charge in [-0.25, -0.2) is 4.98 Å². The summed E-state index contributed by atoms with van der Waals surface area (Å²) >= 11 is 1.11. The molecule has 14 heavy (non-hydrogen) atoms. The number of benzene rings is 1.